The van der Waals surface area contributed by atoms with Gasteiger partial charge in [0.05, 0.1) is 12.5 Å². The molecule has 0 unspecified atom stereocenters. The van der Waals surface area contributed by atoms with Crippen LogP contribution in [0.3, 0.4) is 0 Å². The topological polar surface area (TPSA) is 72.0 Å². The third-order valence-corrected chi connectivity index (χ3v) is 5.97. The number of rotatable bonds is 6. The van der Waals surface area contributed by atoms with E-state index in [1.165, 1.54) is 23.1 Å². The maximum Gasteiger partial charge on any atom is 0.260 e. The molecule has 0 aliphatic rings. The van der Waals surface area contributed by atoms with Gasteiger partial charge >= 0.3 is 0 Å². The van der Waals surface area contributed by atoms with Gasteiger partial charge in [0, 0.05) is 22.6 Å². The van der Waals surface area contributed by atoms with E-state index in [1.807, 2.05) is 32.0 Å². The van der Waals surface area contributed by atoms with Crippen molar-refractivity contribution in [2.45, 2.75) is 32.3 Å². The summed E-state index contributed by atoms with van der Waals surface area (Å²) in [7, 11) is 1.65. The van der Waals surface area contributed by atoms with Crippen LogP contribution in [0, 0.1) is 13.8 Å². The molecule has 0 fully saturated rings. The number of nitrogens with zero attached hydrogens (tertiary/aromatic N) is 1. The molecule has 1 N–H and O–H groups in total. The number of aromatic nitrogens is 2. The number of H-pyrrole nitrogens is 1. The third kappa shape index (κ3) is 3.68. The van der Waals surface area contributed by atoms with Crippen LogP contribution in [0.15, 0.2) is 28.2 Å². The lowest BCUT2D eigenvalue weighted by Gasteiger charge is -2.08. The quantitative estimate of drug-likeness (QED) is 0.502. The Kier molecular flexibility index (Phi) is 5.48. The van der Waals surface area contributed by atoms with Crippen LogP contribution in [0.5, 0.6) is 5.75 Å². The molecule has 2 heterocycles. The first-order chi connectivity index (χ1) is 12.4. The highest BCUT2D eigenvalue weighted by Crippen LogP contribution is 2.37. The van der Waals surface area contributed by atoms with Gasteiger partial charge in [0.25, 0.3) is 5.56 Å². The van der Waals surface area contributed by atoms with E-state index >= 15 is 0 Å². The Morgan fingerprint density at radius 3 is 2.77 bits per heavy atom. The highest BCUT2D eigenvalue weighted by atomic mass is 32.2. The summed E-state index contributed by atoms with van der Waals surface area (Å²) >= 11 is 2.91. The molecule has 0 aliphatic heterocycles. The van der Waals surface area contributed by atoms with E-state index in [9.17, 15) is 9.59 Å². The summed E-state index contributed by atoms with van der Waals surface area (Å²) in [4.78, 5) is 33.0. The van der Waals surface area contributed by atoms with E-state index in [-0.39, 0.29) is 11.3 Å². The van der Waals surface area contributed by atoms with Crippen LogP contribution in [-0.4, -0.2) is 28.6 Å². The van der Waals surface area contributed by atoms with Gasteiger partial charge in [0.15, 0.2) is 5.16 Å². The summed E-state index contributed by atoms with van der Waals surface area (Å²) < 4.78 is 5.32. The zero-order valence-corrected chi connectivity index (χ0v) is 16.8. The van der Waals surface area contributed by atoms with Crippen molar-refractivity contribution in [3.8, 4) is 16.9 Å². The van der Waals surface area contributed by atoms with Gasteiger partial charge in [-0.3, -0.25) is 9.59 Å². The number of ketones is 1. The number of methoxy groups -OCH3 is 1. The fourth-order valence-corrected chi connectivity index (χ4v) is 4.85. The van der Waals surface area contributed by atoms with E-state index < -0.39 is 0 Å². The summed E-state index contributed by atoms with van der Waals surface area (Å²) in [5.41, 5.74) is 2.78. The average Bonchev–Trinajstić information content (AvgIpc) is 2.91. The van der Waals surface area contributed by atoms with Gasteiger partial charge in [-0.2, -0.15) is 0 Å². The molecule has 26 heavy (non-hydrogen) atoms. The monoisotopic (exact) mass is 388 g/mol. The van der Waals surface area contributed by atoms with E-state index in [2.05, 4.69) is 9.97 Å². The summed E-state index contributed by atoms with van der Waals surface area (Å²) in [5, 5.41) is 1.18. The minimum Gasteiger partial charge on any atom is -0.496 e. The molecule has 0 radical (unpaired) electrons. The zero-order chi connectivity index (χ0) is 18.8. The number of fused-ring (bicyclic) bond motifs is 1. The molecule has 0 atom stereocenters. The van der Waals surface area contributed by atoms with Crippen molar-refractivity contribution in [2.75, 3.05) is 12.9 Å². The van der Waals surface area contributed by atoms with Gasteiger partial charge < -0.3 is 9.72 Å². The fraction of sp³-hybridized carbons (Fsp3) is 0.316. The van der Waals surface area contributed by atoms with Gasteiger partial charge in [-0.05, 0) is 44.0 Å². The Hall–Kier alpha value is -2.12. The molecule has 7 heteroatoms. The van der Waals surface area contributed by atoms with Crippen LogP contribution in [-0.2, 0) is 4.79 Å². The Balaban J connectivity index is 2.05. The highest BCUT2D eigenvalue weighted by molar-refractivity contribution is 7.99. The van der Waals surface area contributed by atoms with Crippen LogP contribution >= 0.6 is 23.1 Å². The summed E-state index contributed by atoms with van der Waals surface area (Å²) in [6.07, 6.45) is 0.465. The van der Waals surface area contributed by atoms with Crippen molar-refractivity contribution in [3.05, 3.63) is 39.0 Å². The molecule has 136 valence electrons. The largest absolute Gasteiger partial charge is 0.496 e. The SMILES string of the molecule is COc1ccc(-c2c(C)sc3nc(SCCC(C)=O)[nH]c(=O)c23)cc1C. The molecule has 1 aromatic carbocycles. The number of benzene rings is 1. The number of hydrogen-bond donors (Lipinski definition) is 1. The van der Waals surface area contributed by atoms with Crippen LogP contribution in [0.4, 0.5) is 0 Å². The lowest BCUT2D eigenvalue weighted by atomic mass is 10.0. The Morgan fingerprint density at radius 1 is 1.35 bits per heavy atom. The molecule has 2 aromatic heterocycles. The lowest BCUT2D eigenvalue weighted by molar-refractivity contribution is -0.116. The van der Waals surface area contributed by atoms with E-state index in [0.717, 1.165) is 32.1 Å². The predicted molar refractivity (Wildman–Crippen MR) is 108 cm³/mol. The number of nitrogens with one attached hydrogen (secondary N) is 1. The first kappa shape index (κ1) is 18.7. The maximum atomic E-state index is 12.7. The number of carbonyl (C=O) groups is 1. The Bertz CT molecular complexity index is 1040. The van der Waals surface area contributed by atoms with Gasteiger partial charge in [-0.15, -0.1) is 11.3 Å². The van der Waals surface area contributed by atoms with Crippen LogP contribution < -0.4 is 10.3 Å². The second kappa shape index (κ2) is 7.63. The summed E-state index contributed by atoms with van der Waals surface area (Å²) in [6.45, 7) is 5.55. The lowest BCUT2D eigenvalue weighted by Crippen LogP contribution is -2.09. The van der Waals surface area contributed by atoms with E-state index in [4.69, 9.17) is 4.74 Å². The normalized spacial score (nSPS) is 11.1. The highest BCUT2D eigenvalue weighted by Gasteiger charge is 2.17. The molecule has 0 amide bonds. The molecule has 3 aromatic rings. The van der Waals surface area contributed by atoms with Crippen LogP contribution in [0.1, 0.15) is 23.8 Å². The van der Waals surface area contributed by atoms with Crippen LogP contribution in [0.2, 0.25) is 0 Å². The molecule has 0 bridgehead atoms. The molecule has 5 nitrogen and oxygen atoms in total. The number of ether oxygens (including phenoxy) is 1. The Labute approximate surface area is 159 Å². The van der Waals surface area contributed by atoms with Crippen LogP contribution in [0.25, 0.3) is 21.3 Å². The Morgan fingerprint density at radius 2 is 2.12 bits per heavy atom. The number of carbonyl (C=O) groups excluding carboxylic acids is 1. The second-order valence-corrected chi connectivity index (χ2v) is 8.36. The van der Waals surface area contributed by atoms with Crippen molar-refractivity contribution in [1.29, 1.82) is 0 Å². The number of Topliss-reactive ketones (excluding diaryl/α,β-unsaturated/α-hetero) is 1. The standard InChI is InChI=1S/C19H20N2O3S2/c1-10-9-13(5-6-14(10)24-4)15-12(3)26-18-16(15)17(23)20-19(21-18)25-8-7-11(2)22/h5-6,9H,7-8H2,1-4H3,(H,20,21,23). The molecule has 0 saturated carbocycles. The minimum atomic E-state index is -0.145. The summed E-state index contributed by atoms with van der Waals surface area (Å²) in [6, 6.07) is 5.92. The van der Waals surface area contributed by atoms with Crippen molar-refractivity contribution in [3.63, 3.8) is 0 Å². The van der Waals surface area contributed by atoms with Gasteiger partial charge in [0.1, 0.15) is 16.4 Å². The van der Waals surface area contributed by atoms with Gasteiger partial charge in [-0.25, -0.2) is 4.98 Å². The first-order valence-corrected chi connectivity index (χ1v) is 10.0. The third-order valence-electron chi connectivity index (χ3n) is 4.09. The first-order valence-electron chi connectivity index (χ1n) is 8.21. The smallest absolute Gasteiger partial charge is 0.260 e. The minimum absolute atomic E-state index is 0.130. The molecule has 3 rings (SSSR count). The van der Waals surface area contributed by atoms with Gasteiger partial charge in [-0.1, -0.05) is 17.8 Å². The second-order valence-electron chi connectivity index (χ2n) is 6.07. The number of thioether (sulfide) groups is 1. The van der Waals surface area contributed by atoms with Gasteiger partial charge in [0.2, 0.25) is 0 Å². The molecular weight excluding hydrogens is 368 g/mol. The number of thiophene rings is 1. The predicted octanol–water partition coefficient (Wildman–Crippen LogP) is 4.35. The van der Waals surface area contributed by atoms with Crippen molar-refractivity contribution >= 4 is 39.1 Å². The molecule has 0 saturated heterocycles. The number of hydrogen-bond acceptors (Lipinski definition) is 6. The van der Waals surface area contributed by atoms with Crippen molar-refractivity contribution < 1.29 is 9.53 Å². The number of aromatic amines is 1. The summed E-state index contributed by atoms with van der Waals surface area (Å²) in [5.74, 6) is 1.56. The number of aryl methyl sites for hydroxylation is 2. The van der Waals surface area contributed by atoms with Crippen molar-refractivity contribution in [1.82, 2.24) is 9.97 Å². The van der Waals surface area contributed by atoms with E-state index in [1.54, 1.807) is 14.0 Å². The van der Waals surface area contributed by atoms with Crippen molar-refractivity contribution in [2.24, 2.45) is 0 Å². The zero-order valence-electron chi connectivity index (χ0n) is 15.1. The molecular formula is C19H20N2O3S2. The molecule has 0 aliphatic carbocycles. The molecule has 0 spiro atoms. The van der Waals surface area contributed by atoms with E-state index in [0.29, 0.717) is 22.7 Å². The fourth-order valence-electron chi connectivity index (χ4n) is 2.84. The average molecular weight is 389 g/mol. The maximum absolute atomic E-state index is 12.7.